The zero-order chi connectivity index (χ0) is 18.0. The number of hydrogen-bond donors (Lipinski definition) is 1. The van der Waals surface area contributed by atoms with Crippen LogP contribution in [-0.4, -0.2) is 34.9 Å². The number of anilines is 1. The van der Waals surface area contributed by atoms with Gasteiger partial charge < -0.3 is 5.32 Å². The van der Waals surface area contributed by atoms with Gasteiger partial charge in [0.15, 0.2) is 15.7 Å². The summed E-state index contributed by atoms with van der Waals surface area (Å²) in [7, 11) is -3.23. The summed E-state index contributed by atoms with van der Waals surface area (Å²) in [6.45, 7) is 4.54. The van der Waals surface area contributed by atoms with E-state index in [1.807, 2.05) is 13.8 Å². The van der Waals surface area contributed by atoms with E-state index in [0.717, 1.165) is 5.69 Å². The molecule has 0 aliphatic heterocycles. The molecule has 8 heteroatoms. The summed E-state index contributed by atoms with van der Waals surface area (Å²) in [4.78, 5) is 0.263. The molecule has 3 aromatic rings. The lowest BCUT2D eigenvalue weighted by Gasteiger charge is -2.09. The number of sulfone groups is 1. The van der Waals surface area contributed by atoms with Gasteiger partial charge >= 0.3 is 0 Å². The summed E-state index contributed by atoms with van der Waals surface area (Å²) >= 11 is 0. The molecule has 1 N–H and O–H groups in total. The van der Waals surface area contributed by atoms with Crippen molar-refractivity contribution in [1.29, 1.82) is 0 Å². The first-order chi connectivity index (χ1) is 11.8. The number of aryl methyl sites for hydroxylation is 2. The zero-order valence-electron chi connectivity index (χ0n) is 14.3. The summed E-state index contributed by atoms with van der Waals surface area (Å²) in [6, 6.07) is 12.7. The lowest BCUT2D eigenvalue weighted by molar-refractivity contribution is 0.602. The molecule has 3 rings (SSSR count). The molecule has 0 aliphatic carbocycles. The maximum absolute atomic E-state index is 11.6. The fourth-order valence-electron chi connectivity index (χ4n) is 2.61. The minimum absolute atomic E-state index is 0.263. The van der Waals surface area contributed by atoms with Crippen LogP contribution in [0.5, 0.6) is 0 Å². The van der Waals surface area contributed by atoms with Crippen LogP contribution in [0.2, 0.25) is 0 Å². The zero-order valence-corrected chi connectivity index (χ0v) is 15.1. The van der Waals surface area contributed by atoms with Gasteiger partial charge in [-0.05, 0) is 71.8 Å². The Hall–Kier alpha value is -2.74. The highest BCUT2D eigenvalue weighted by Gasteiger charge is 2.11. The van der Waals surface area contributed by atoms with Crippen LogP contribution in [0, 0.1) is 13.8 Å². The van der Waals surface area contributed by atoms with Gasteiger partial charge in [-0.3, -0.25) is 0 Å². The average Bonchev–Trinajstić information content (AvgIpc) is 3.00. The van der Waals surface area contributed by atoms with E-state index in [4.69, 9.17) is 0 Å². The monoisotopic (exact) mass is 357 g/mol. The summed E-state index contributed by atoms with van der Waals surface area (Å²) in [5.41, 5.74) is 4.06. The summed E-state index contributed by atoms with van der Waals surface area (Å²) in [5.74, 6) is 0.631. The molecule has 0 atom stereocenters. The molecular weight excluding hydrogens is 338 g/mol. The highest BCUT2D eigenvalue weighted by atomic mass is 32.2. The Morgan fingerprint density at radius 3 is 2.28 bits per heavy atom. The third-order valence-corrected chi connectivity index (χ3v) is 4.84. The molecule has 0 fully saturated rings. The minimum atomic E-state index is -3.23. The first kappa shape index (κ1) is 17.1. The van der Waals surface area contributed by atoms with Crippen molar-refractivity contribution >= 4 is 15.5 Å². The van der Waals surface area contributed by atoms with Crippen molar-refractivity contribution in [3.05, 3.63) is 59.4 Å². The molecule has 0 saturated carbocycles. The third kappa shape index (κ3) is 4.03. The molecule has 1 aromatic heterocycles. The first-order valence-corrected chi connectivity index (χ1v) is 9.62. The lowest BCUT2D eigenvalue weighted by atomic mass is 10.1. The van der Waals surface area contributed by atoms with Gasteiger partial charge in [0, 0.05) is 11.9 Å². The Kier molecular flexibility index (Phi) is 4.54. The second-order valence-electron chi connectivity index (χ2n) is 6.00. The summed E-state index contributed by atoms with van der Waals surface area (Å²) in [6.07, 6.45) is 1.18. The van der Waals surface area contributed by atoms with Gasteiger partial charge in [0.1, 0.15) is 0 Å². The molecule has 0 radical (unpaired) electrons. The number of benzene rings is 2. The van der Waals surface area contributed by atoms with E-state index < -0.39 is 9.84 Å². The molecule has 0 unspecified atom stereocenters. The Morgan fingerprint density at radius 1 is 1.04 bits per heavy atom. The van der Waals surface area contributed by atoms with E-state index >= 15 is 0 Å². The molecule has 25 heavy (non-hydrogen) atoms. The molecule has 2 aromatic carbocycles. The van der Waals surface area contributed by atoms with Gasteiger partial charge in [0.2, 0.25) is 0 Å². The number of tetrazole rings is 1. The van der Waals surface area contributed by atoms with Gasteiger partial charge in [-0.1, -0.05) is 6.07 Å². The topological polar surface area (TPSA) is 89.8 Å². The van der Waals surface area contributed by atoms with Crippen LogP contribution in [-0.2, 0) is 16.4 Å². The second-order valence-corrected chi connectivity index (χ2v) is 8.02. The average molecular weight is 357 g/mol. The molecule has 0 saturated heterocycles. The van der Waals surface area contributed by atoms with Crippen LogP contribution in [0.1, 0.15) is 17.0 Å². The fourth-order valence-corrected chi connectivity index (χ4v) is 3.24. The molecule has 130 valence electrons. The summed E-state index contributed by atoms with van der Waals surface area (Å²) in [5, 5.41) is 15.1. The van der Waals surface area contributed by atoms with Crippen molar-refractivity contribution in [3.8, 4) is 5.69 Å². The van der Waals surface area contributed by atoms with Crippen LogP contribution in [0.25, 0.3) is 5.69 Å². The Labute approximate surface area is 146 Å². The number of aromatic nitrogens is 4. The van der Waals surface area contributed by atoms with Crippen molar-refractivity contribution in [1.82, 2.24) is 20.2 Å². The van der Waals surface area contributed by atoms with Crippen molar-refractivity contribution in [2.75, 3.05) is 11.6 Å². The molecular formula is C17H19N5O2S. The van der Waals surface area contributed by atoms with E-state index in [1.165, 1.54) is 17.4 Å². The molecule has 0 aliphatic rings. The molecule has 7 nitrogen and oxygen atoms in total. The van der Waals surface area contributed by atoms with Crippen LogP contribution < -0.4 is 5.32 Å². The second kappa shape index (κ2) is 6.64. The van der Waals surface area contributed by atoms with Crippen LogP contribution >= 0.6 is 0 Å². The van der Waals surface area contributed by atoms with E-state index in [9.17, 15) is 8.42 Å². The van der Waals surface area contributed by atoms with Crippen LogP contribution in [0.15, 0.2) is 47.4 Å². The van der Waals surface area contributed by atoms with Crippen molar-refractivity contribution in [2.45, 2.75) is 25.3 Å². The van der Waals surface area contributed by atoms with Crippen molar-refractivity contribution in [2.24, 2.45) is 0 Å². The molecule has 0 bridgehead atoms. The van der Waals surface area contributed by atoms with Gasteiger partial charge in [-0.2, -0.15) is 4.68 Å². The molecule has 1 heterocycles. The largest absolute Gasteiger partial charge is 0.378 e. The maximum atomic E-state index is 11.6. The highest BCUT2D eigenvalue weighted by Crippen LogP contribution is 2.16. The Balaban J connectivity index is 1.81. The molecule has 0 spiro atoms. The Morgan fingerprint density at radius 2 is 1.68 bits per heavy atom. The lowest BCUT2D eigenvalue weighted by Crippen LogP contribution is -2.09. The predicted octanol–water partition coefficient (Wildman–Crippen LogP) is 2.29. The number of rotatable bonds is 5. The first-order valence-electron chi connectivity index (χ1n) is 7.73. The maximum Gasteiger partial charge on any atom is 0.175 e. The van der Waals surface area contributed by atoms with Crippen molar-refractivity contribution in [3.63, 3.8) is 0 Å². The van der Waals surface area contributed by atoms with Gasteiger partial charge in [-0.25, -0.2) is 8.42 Å². The van der Waals surface area contributed by atoms with E-state index in [1.54, 1.807) is 28.9 Å². The number of nitrogens with one attached hydrogen (secondary N) is 1. The standard InChI is InChI=1S/C17H19N5O2S/c1-12-8-13(2)10-14(9-12)18-11-17-19-20-21-22(17)15-4-6-16(7-5-15)25(3,23)24/h4-10,18H,11H2,1-3H3. The SMILES string of the molecule is Cc1cc(C)cc(NCc2nnnn2-c2ccc(S(C)(=O)=O)cc2)c1. The third-order valence-electron chi connectivity index (χ3n) is 3.72. The molecule has 0 amide bonds. The van der Waals surface area contributed by atoms with Gasteiger partial charge in [0.25, 0.3) is 0 Å². The van der Waals surface area contributed by atoms with E-state index in [-0.39, 0.29) is 4.90 Å². The van der Waals surface area contributed by atoms with Gasteiger partial charge in [-0.15, -0.1) is 5.10 Å². The number of nitrogens with zero attached hydrogens (tertiary/aromatic N) is 4. The fraction of sp³-hybridized carbons (Fsp3) is 0.235. The smallest absolute Gasteiger partial charge is 0.175 e. The van der Waals surface area contributed by atoms with E-state index in [2.05, 4.69) is 39.0 Å². The quantitative estimate of drug-likeness (QED) is 0.753. The van der Waals surface area contributed by atoms with Crippen LogP contribution in [0.3, 0.4) is 0 Å². The Bertz CT molecular complexity index is 974. The number of hydrogen-bond acceptors (Lipinski definition) is 6. The van der Waals surface area contributed by atoms with Crippen molar-refractivity contribution < 1.29 is 8.42 Å². The highest BCUT2D eigenvalue weighted by molar-refractivity contribution is 7.90. The van der Waals surface area contributed by atoms with E-state index in [0.29, 0.717) is 18.1 Å². The summed E-state index contributed by atoms with van der Waals surface area (Å²) < 4.78 is 24.7. The normalized spacial score (nSPS) is 11.5. The predicted molar refractivity (Wildman–Crippen MR) is 95.5 cm³/mol. The van der Waals surface area contributed by atoms with Crippen LogP contribution in [0.4, 0.5) is 5.69 Å². The van der Waals surface area contributed by atoms with Gasteiger partial charge in [0.05, 0.1) is 17.1 Å². The minimum Gasteiger partial charge on any atom is -0.378 e.